The molecular formula is C22H28N5O8S2+. The number of aliphatic carboxylic acids is 2. The Hall–Kier alpha value is -3.43. The largest absolute Gasteiger partial charge is 0.481 e. The van der Waals surface area contributed by atoms with Crippen LogP contribution in [0.1, 0.15) is 18.5 Å². The molecule has 1 aromatic rings. The number of likely N-dealkylation sites (N-methyl/N-ethyl adjacent to an activating group) is 1. The standard InChI is InChI=1S/C22H27N5O8S2/c1-27(2,3)9-11(8-16(30)31)35-21(34)14-6-7-36-20-17(19(33)26(14)20)25-18(32)12(4-5-15(28)29)13-10-37-22(23)24-13/h4,6,10-11,17,20H,5,7-9H2,1-3H3,(H4-,23,24,25,28,29,30,31,32)/p+1/b12-4-/t11?,17-,20-/m1/s1. The Morgan fingerprint density at radius 2 is 2.00 bits per heavy atom. The van der Waals surface area contributed by atoms with Crippen LogP contribution in [0.2, 0.25) is 0 Å². The van der Waals surface area contributed by atoms with Gasteiger partial charge in [-0.05, 0) is 6.08 Å². The van der Waals surface area contributed by atoms with Crippen LogP contribution in [0.4, 0.5) is 5.13 Å². The first-order chi connectivity index (χ1) is 17.3. The number of rotatable bonds is 11. The number of esters is 1. The average molecular weight is 555 g/mol. The van der Waals surface area contributed by atoms with E-state index in [9.17, 15) is 29.1 Å². The smallest absolute Gasteiger partial charge is 0.355 e. The monoisotopic (exact) mass is 554 g/mol. The number of amides is 2. The van der Waals surface area contributed by atoms with Crippen LogP contribution in [0.3, 0.4) is 0 Å². The minimum absolute atomic E-state index is 0.00929. The zero-order chi connectivity index (χ0) is 27.5. The molecule has 13 nitrogen and oxygen atoms in total. The maximum absolute atomic E-state index is 13.0. The number of carboxylic acids is 2. The molecule has 2 aliphatic heterocycles. The molecule has 1 aromatic heterocycles. The van der Waals surface area contributed by atoms with Crippen LogP contribution in [0.25, 0.3) is 5.57 Å². The molecule has 0 aliphatic carbocycles. The first-order valence-corrected chi connectivity index (χ1v) is 13.0. The van der Waals surface area contributed by atoms with Crippen LogP contribution in [-0.4, -0.2) is 105 Å². The van der Waals surface area contributed by atoms with Gasteiger partial charge in [0.25, 0.3) is 11.8 Å². The van der Waals surface area contributed by atoms with E-state index in [2.05, 4.69) is 10.3 Å². The molecule has 0 saturated carbocycles. The number of hydrogen-bond acceptors (Lipinski definition) is 10. The van der Waals surface area contributed by atoms with Gasteiger partial charge < -0.3 is 30.5 Å². The molecule has 2 aliphatic rings. The van der Waals surface area contributed by atoms with Gasteiger partial charge in [-0.15, -0.1) is 23.1 Å². The van der Waals surface area contributed by atoms with Gasteiger partial charge in [-0.3, -0.25) is 24.1 Å². The summed E-state index contributed by atoms with van der Waals surface area (Å²) in [4.78, 5) is 66.4. The van der Waals surface area contributed by atoms with Crippen molar-refractivity contribution in [2.45, 2.75) is 30.4 Å². The molecule has 0 radical (unpaired) electrons. The van der Waals surface area contributed by atoms with Gasteiger partial charge in [0.05, 0.1) is 45.3 Å². The molecule has 3 atom stereocenters. The van der Waals surface area contributed by atoms with E-state index < -0.39 is 53.7 Å². The number of β-lactam (4-membered cyclic amide) rings is 1. The van der Waals surface area contributed by atoms with E-state index in [0.29, 0.717) is 10.2 Å². The van der Waals surface area contributed by atoms with Crippen LogP contribution in [0.15, 0.2) is 23.2 Å². The summed E-state index contributed by atoms with van der Waals surface area (Å²) in [5.74, 6) is -3.98. The van der Waals surface area contributed by atoms with Crippen molar-refractivity contribution in [2.75, 3.05) is 39.2 Å². The normalized spacial score (nSPS) is 20.3. The van der Waals surface area contributed by atoms with Gasteiger partial charge >= 0.3 is 17.9 Å². The number of nitrogen functional groups attached to an aromatic ring is 1. The molecule has 37 heavy (non-hydrogen) atoms. The molecule has 0 bridgehead atoms. The summed E-state index contributed by atoms with van der Waals surface area (Å²) in [6.45, 7) is 0.253. The van der Waals surface area contributed by atoms with Crippen molar-refractivity contribution in [1.82, 2.24) is 15.2 Å². The second kappa shape index (κ2) is 11.3. The van der Waals surface area contributed by atoms with Crippen LogP contribution in [0, 0.1) is 0 Å². The maximum Gasteiger partial charge on any atom is 0.355 e. The van der Waals surface area contributed by atoms with E-state index in [4.69, 9.17) is 15.6 Å². The minimum atomic E-state index is -1.15. The number of fused-ring (bicyclic) bond motifs is 1. The summed E-state index contributed by atoms with van der Waals surface area (Å²) in [5, 5.41) is 21.9. The first-order valence-electron chi connectivity index (χ1n) is 11.1. The highest BCUT2D eigenvalue weighted by Gasteiger charge is 2.53. The number of anilines is 1. The van der Waals surface area contributed by atoms with Gasteiger partial charge in [0, 0.05) is 11.1 Å². The van der Waals surface area contributed by atoms with Crippen LogP contribution in [-0.2, 0) is 28.7 Å². The summed E-state index contributed by atoms with van der Waals surface area (Å²) < 4.78 is 5.83. The van der Waals surface area contributed by atoms with E-state index in [-0.39, 0.29) is 35.1 Å². The van der Waals surface area contributed by atoms with Gasteiger partial charge in [-0.2, -0.15) is 0 Å². The number of nitrogens with one attached hydrogen (secondary N) is 1. The van der Waals surface area contributed by atoms with Crippen molar-refractivity contribution in [2.24, 2.45) is 0 Å². The molecular weight excluding hydrogens is 526 g/mol. The molecule has 3 rings (SSSR count). The molecule has 0 spiro atoms. The van der Waals surface area contributed by atoms with E-state index in [1.165, 1.54) is 34.2 Å². The average Bonchev–Trinajstić information content (AvgIpc) is 3.20. The van der Waals surface area contributed by atoms with Crippen molar-refractivity contribution < 1.29 is 43.4 Å². The number of thiazole rings is 1. The summed E-state index contributed by atoms with van der Waals surface area (Å²) >= 11 is 2.40. The molecule has 2 amide bonds. The number of carbonyl (C=O) groups is 5. The number of ether oxygens (including phenoxy) is 1. The predicted molar refractivity (Wildman–Crippen MR) is 135 cm³/mol. The van der Waals surface area contributed by atoms with Crippen LogP contribution < -0.4 is 11.1 Å². The Bertz CT molecular complexity index is 1170. The lowest BCUT2D eigenvalue weighted by Gasteiger charge is -2.48. The highest BCUT2D eigenvalue weighted by molar-refractivity contribution is 8.00. The third kappa shape index (κ3) is 7.08. The fraction of sp³-hybridized carbons (Fsp3) is 0.455. The van der Waals surface area contributed by atoms with Gasteiger partial charge in [0.1, 0.15) is 23.7 Å². The third-order valence-corrected chi connectivity index (χ3v) is 7.15. The summed E-state index contributed by atoms with van der Waals surface area (Å²) in [5.41, 5.74) is 5.79. The SMILES string of the molecule is C[N+](C)(C)CC(CC(=O)O)OC(=O)C1=CCS[C@@H]2[C@H](NC(=O)/C(=C\CC(=O)O)c3csc(N)n3)C(=O)N12. The number of aromatic nitrogens is 1. The van der Waals surface area contributed by atoms with E-state index >= 15 is 0 Å². The lowest BCUT2D eigenvalue weighted by Crippen LogP contribution is -2.70. The lowest BCUT2D eigenvalue weighted by atomic mass is 10.0. The molecule has 5 N–H and O–H groups in total. The highest BCUT2D eigenvalue weighted by atomic mass is 32.2. The van der Waals surface area contributed by atoms with E-state index in [0.717, 1.165) is 11.3 Å². The van der Waals surface area contributed by atoms with Gasteiger partial charge in [-0.1, -0.05) is 6.08 Å². The quantitative estimate of drug-likeness (QED) is 0.124. The summed E-state index contributed by atoms with van der Waals surface area (Å²) in [7, 11) is 5.50. The number of carbonyl (C=O) groups excluding carboxylic acids is 3. The maximum atomic E-state index is 13.0. The minimum Gasteiger partial charge on any atom is -0.481 e. The predicted octanol–water partition coefficient (Wildman–Crippen LogP) is -0.0401. The number of nitrogens with zero attached hydrogens (tertiary/aromatic N) is 3. The van der Waals surface area contributed by atoms with Crippen molar-refractivity contribution >= 4 is 63.5 Å². The Balaban J connectivity index is 1.72. The van der Waals surface area contributed by atoms with Crippen molar-refractivity contribution in [1.29, 1.82) is 0 Å². The molecule has 1 unspecified atom stereocenters. The number of quaternary nitrogens is 1. The molecule has 0 aromatic carbocycles. The fourth-order valence-electron chi connectivity index (χ4n) is 3.82. The molecule has 15 heteroatoms. The van der Waals surface area contributed by atoms with Crippen molar-refractivity contribution in [3.63, 3.8) is 0 Å². The van der Waals surface area contributed by atoms with E-state index in [1.54, 1.807) is 0 Å². The second-order valence-electron chi connectivity index (χ2n) is 9.36. The first kappa shape index (κ1) is 28.1. The van der Waals surface area contributed by atoms with Crippen molar-refractivity contribution in [3.8, 4) is 0 Å². The molecule has 3 heterocycles. The van der Waals surface area contributed by atoms with Gasteiger partial charge in [0.15, 0.2) is 11.2 Å². The second-order valence-corrected chi connectivity index (χ2v) is 11.4. The molecule has 1 saturated heterocycles. The highest BCUT2D eigenvalue weighted by Crippen LogP contribution is 2.38. The Labute approximate surface area is 220 Å². The number of thioether (sulfide) groups is 1. The molecule has 200 valence electrons. The zero-order valence-electron chi connectivity index (χ0n) is 20.4. The number of carboxylic acid groups (broad SMARTS) is 2. The third-order valence-electron chi connectivity index (χ3n) is 5.29. The molecule has 1 fully saturated rings. The van der Waals surface area contributed by atoms with Crippen LogP contribution >= 0.6 is 23.1 Å². The summed E-state index contributed by atoms with van der Waals surface area (Å²) in [6.07, 6.45) is 0.997. The van der Waals surface area contributed by atoms with E-state index in [1.807, 2.05) is 21.1 Å². The van der Waals surface area contributed by atoms with Crippen LogP contribution in [0.5, 0.6) is 0 Å². The van der Waals surface area contributed by atoms with Gasteiger partial charge in [-0.25, -0.2) is 9.78 Å². The topological polar surface area (TPSA) is 189 Å². The fourth-order valence-corrected chi connectivity index (χ4v) is 5.58. The lowest BCUT2D eigenvalue weighted by molar-refractivity contribution is -0.873. The Morgan fingerprint density at radius 1 is 1.30 bits per heavy atom. The number of nitrogens with two attached hydrogens (primary N) is 1. The van der Waals surface area contributed by atoms with Gasteiger partial charge in [0.2, 0.25) is 0 Å². The Kier molecular flexibility index (Phi) is 8.60. The number of hydrogen-bond donors (Lipinski definition) is 4. The Morgan fingerprint density at radius 3 is 2.57 bits per heavy atom. The summed E-state index contributed by atoms with van der Waals surface area (Å²) in [6, 6.07) is -0.973. The van der Waals surface area contributed by atoms with Crippen molar-refractivity contribution in [3.05, 3.63) is 28.9 Å². The zero-order valence-corrected chi connectivity index (χ0v) is 22.0.